The minimum absolute atomic E-state index is 0.126. The number of piperidine rings is 1. The summed E-state index contributed by atoms with van der Waals surface area (Å²) in [6.07, 6.45) is 2.11. The summed E-state index contributed by atoms with van der Waals surface area (Å²) in [7, 11) is 0. The maximum absolute atomic E-state index is 14.1. The molecule has 6 rings (SSSR count). The predicted octanol–water partition coefficient (Wildman–Crippen LogP) is 7.36. The van der Waals surface area contributed by atoms with Crippen LogP contribution in [0.4, 0.5) is 4.39 Å². The molecule has 0 spiro atoms. The van der Waals surface area contributed by atoms with Crippen molar-refractivity contribution in [3.63, 3.8) is 0 Å². The molecule has 1 amide bonds. The number of carbonyl (C=O) groups is 1. The third-order valence-electron chi connectivity index (χ3n) is 7.32. The maximum Gasteiger partial charge on any atom is 0.254 e. The second kappa shape index (κ2) is 8.26. The Kier molecular flexibility index (Phi) is 5.32. The van der Waals surface area contributed by atoms with Crippen LogP contribution < -0.4 is 0 Å². The lowest BCUT2D eigenvalue weighted by atomic mass is 9.98. The molecular formula is C28H28BrFN2O2. The number of rotatable bonds is 4. The van der Waals surface area contributed by atoms with Crippen molar-refractivity contribution in [2.75, 3.05) is 13.1 Å². The zero-order valence-electron chi connectivity index (χ0n) is 19.5. The minimum Gasteiger partial charge on any atom is -0.454 e. The highest BCUT2D eigenvalue weighted by atomic mass is 79.9. The topological polar surface area (TPSA) is 38.4 Å². The number of likely N-dealkylation sites (tertiary alicyclic amines) is 1. The largest absolute Gasteiger partial charge is 0.454 e. The zero-order chi connectivity index (χ0) is 23.6. The van der Waals surface area contributed by atoms with Crippen LogP contribution in [0.15, 0.2) is 51.4 Å². The van der Waals surface area contributed by atoms with Crippen LogP contribution in [0.1, 0.15) is 42.1 Å². The lowest BCUT2D eigenvalue weighted by Crippen LogP contribution is -2.44. The number of benzene rings is 2. The number of nitrogens with zero attached hydrogens (tertiary/aromatic N) is 2. The molecule has 2 fully saturated rings. The van der Waals surface area contributed by atoms with E-state index in [4.69, 9.17) is 4.42 Å². The summed E-state index contributed by atoms with van der Waals surface area (Å²) in [5.74, 6) is 1.61. The lowest BCUT2D eigenvalue weighted by Gasteiger charge is -2.33. The maximum atomic E-state index is 14.1. The fraction of sp³-hybridized carbons (Fsp3) is 0.393. The van der Waals surface area contributed by atoms with Gasteiger partial charge in [0, 0.05) is 45.0 Å². The number of fused-ring (bicyclic) bond motifs is 2. The Hall–Kier alpha value is -2.60. The Morgan fingerprint density at radius 3 is 2.74 bits per heavy atom. The van der Waals surface area contributed by atoms with E-state index in [1.54, 1.807) is 4.90 Å². The number of aryl methyl sites for hydroxylation is 1. The number of aromatic nitrogens is 1. The first kappa shape index (κ1) is 21.9. The van der Waals surface area contributed by atoms with Crippen molar-refractivity contribution >= 4 is 43.7 Å². The van der Waals surface area contributed by atoms with Gasteiger partial charge < -0.3 is 13.9 Å². The molecule has 1 saturated heterocycles. The summed E-state index contributed by atoms with van der Waals surface area (Å²) in [5.41, 5.74) is 4.60. The lowest BCUT2D eigenvalue weighted by molar-refractivity contribution is 0.0555. The van der Waals surface area contributed by atoms with Crippen molar-refractivity contribution in [3.8, 4) is 11.5 Å². The predicted molar refractivity (Wildman–Crippen MR) is 137 cm³/mol. The van der Waals surface area contributed by atoms with Gasteiger partial charge >= 0.3 is 0 Å². The molecule has 0 bridgehead atoms. The summed E-state index contributed by atoms with van der Waals surface area (Å²) in [4.78, 5) is 14.8. The van der Waals surface area contributed by atoms with E-state index >= 15 is 0 Å². The molecule has 1 aliphatic carbocycles. The third kappa shape index (κ3) is 3.86. The first-order valence-corrected chi connectivity index (χ1v) is 12.9. The van der Waals surface area contributed by atoms with Gasteiger partial charge in [-0.3, -0.25) is 4.79 Å². The molecule has 2 aliphatic rings. The molecule has 0 radical (unpaired) electrons. The van der Waals surface area contributed by atoms with E-state index in [1.807, 2.05) is 25.1 Å². The molecule has 2 aromatic carbocycles. The molecular weight excluding hydrogens is 495 g/mol. The van der Waals surface area contributed by atoms with E-state index in [2.05, 4.69) is 51.7 Å². The first-order valence-electron chi connectivity index (χ1n) is 12.1. The molecule has 1 aliphatic heterocycles. The van der Waals surface area contributed by atoms with E-state index < -0.39 is 6.17 Å². The Morgan fingerprint density at radius 1 is 1.15 bits per heavy atom. The van der Waals surface area contributed by atoms with Gasteiger partial charge in [-0.05, 0) is 68.4 Å². The van der Waals surface area contributed by atoms with Gasteiger partial charge in [-0.25, -0.2) is 4.39 Å². The van der Waals surface area contributed by atoms with E-state index in [0.29, 0.717) is 30.0 Å². The summed E-state index contributed by atoms with van der Waals surface area (Å²) in [6, 6.07) is 14.2. The summed E-state index contributed by atoms with van der Waals surface area (Å²) in [5, 5.41) is 2.20. The second-order valence-electron chi connectivity index (χ2n) is 10.2. The Bertz CT molecular complexity index is 1410. The van der Waals surface area contributed by atoms with E-state index in [9.17, 15) is 9.18 Å². The second-order valence-corrected chi connectivity index (χ2v) is 11.1. The van der Waals surface area contributed by atoms with Gasteiger partial charge in [0.25, 0.3) is 5.91 Å². The van der Waals surface area contributed by atoms with Gasteiger partial charge in [0.05, 0.1) is 12.2 Å². The van der Waals surface area contributed by atoms with Crippen LogP contribution in [0.2, 0.25) is 0 Å². The summed E-state index contributed by atoms with van der Waals surface area (Å²) >= 11 is 3.62. The Balaban J connectivity index is 1.41. The summed E-state index contributed by atoms with van der Waals surface area (Å²) in [6.45, 7) is 5.82. The van der Waals surface area contributed by atoms with Crippen molar-refractivity contribution < 1.29 is 13.6 Å². The number of furan rings is 1. The molecule has 3 heterocycles. The smallest absolute Gasteiger partial charge is 0.254 e. The molecule has 0 unspecified atom stereocenters. The highest BCUT2D eigenvalue weighted by Crippen LogP contribution is 2.40. The fourth-order valence-corrected chi connectivity index (χ4v) is 5.75. The van der Waals surface area contributed by atoms with Crippen LogP contribution in [0.5, 0.6) is 0 Å². The molecule has 6 heteroatoms. The molecule has 2 atom stereocenters. The van der Waals surface area contributed by atoms with Gasteiger partial charge in [-0.15, -0.1) is 0 Å². The molecule has 176 valence electrons. The highest BCUT2D eigenvalue weighted by Gasteiger charge is 2.29. The highest BCUT2D eigenvalue weighted by molar-refractivity contribution is 9.10. The fourth-order valence-electron chi connectivity index (χ4n) is 5.40. The molecule has 4 aromatic rings. The summed E-state index contributed by atoms with van der Waals surface area (Å²) < 4.78 is 24.0. The molecule has 1 saturated carbocycles. The van der Waals surface area contributed by atoms with Crippen molar-refractivity contribution in [2.24, 2.45) is 11.8 Å². The molecule has 34 heavy (non-hydrogen) atoms. The van der Waals surface area contributed by atoms with Crippen LogP contribution in [0.25, 0.3) is 33.3 Å². The van der Waals surface area contributed by atoms with Gasteiger partial charge in [0.1, 0.15) is 11.8 Å². The van der Waals surface area contributed by atoms with Crippen LogP contribution in [-0.2, 0) is 6.54 Å². The first-order chi connectivity index (χ1) is 16.4. The van der Waals surface area contributed by atoms with E-state index in [0.717, 1.165) is 33.4 Å². The zero-order valence-corrected chi connectivity index (χ0v) is 21.1. The number of amides is 1. The Morgan fingerprint density at radius 2 is 1.97 bits per heavy atom. The average molecular weight is 523 g/mol. The standard InChI is InChI=1S/C28H28BrFN2O2/c1-16-9-22(30)15-31(13-16)28(33)20-6-8-23-17(2)27(34-26(23)11-20)25-10-19-5-7-21(29)12-24(19)32(25)14-18-3-4-18/h5-8,10-12,16,18,22H,3-4,9,13-15H2,1-2H3/t16-,22-/m1/s1. The van der Waals surface area contributed by atoms with Crippen molar-refractivity contribution in [3.05, 3.63) is 58.1 Å². The van der Waals surface area contributed by atoms with Gasteiger partial charge in [0.2, 0.25) is 0 Å². The molecule has 0 N–H and O–H groups in total. The van der Waals surface area contributed by atoms with Crippen LogP contribution in [0.3, 0.4) is 0 Å². The van der Waals surface area contributed by atoms with Crippen LogP contribution >= 0.6 is 15.9 Å². The molecule has 2 aromatic heterocycles. The number of halogens is 2. The average Bonchev–Trinajstić information content (AvgIpc) is 3.48. The van der Waals surface area contributed by atoms with Gasteiger partial charge in [-0.2, -0.15) is 0 Å². The van der Waals surface area contributed by atoms with Crippen LogP contribution in [-0.4, -0.2) is 34.6 Å². The number of hydrogen-bond acceptors (Lipinski definition) is 2. The minimum atomic E-state index is -0.956. The monoisotopic (exact) mass is 522 g/mol. The van der Waals surface area contributed by atoms with Gasteiger partial charge in [0.15, 0.2) is 5.76 Å². The van der Waals surface area contributed by atoms with E-state index in [-0.39, 0.29) is 18.4 Å². The number of alkyl halides is 1. The quantitative estimate of drug-likeness (QED) is 0.281. The number of carbonyl (C=O) groups excluding carboxylic acids is 1. The van der Waals surface area contributed by atoms with Crippen molar-refractivity contribution in [2.45, 2.75) is 45.8 Å². The third-order valence-corrected chi connectivity index (χ3v) is 7.81. The SMILES string of the molecule is Cc1c(-c2cc3ccc(Br)cc3n2CC2CC2)oc2cc(C(=O)N3C[C@H](C)C[C@@H](F)C3)ccc12. The normalized spacial score (nSPS) is 21.0. The van der Waals surface area contributed by atoms with E-state index in [1.165, 1.54) is 23.7 Å². The van der Waals surface area contributed by atoms with Crippen molar-refractivity contribution in [1.82, 2.24) is 9.47 Å². The molecule has 4 nitrogen and oxygen atoms in total. The Labute approximate surface area is 206 Å². The van der Waals surface area contributed by atoms with Gasteiger partial charge in [-0.1, -0.05) is 35.0 Å². The van der Waals surface area contributed by atoms with Crippen molar-refractivity contribution in [1.29, 1.82) is 0 Å². The number of hydrogen-bond donors (Lipinski definition) is 0. The van der Waals surface area contributed by atoms with Crippen LogP contribution in [0, 0.1) is 18.8 Å².